The number of aliphatic hydroxyl groups is 2. The number of aliphatic hydroxyl groups excluding tert-OH is 1. The molecule has 0 aromatic heterocycles. The smallest absolute Gasteiger partial charge is 0.126 e. The van der Waals surface area contributed by atoms with Crippen LogP contribution in [0.1, 0.15) is 30.1 Å². The fraction of sp³-hybridized carbons (Fsp3) is 0.455. The topological polar surface area (TPSA) is 63.9 Å². The van der Waals surface area contributed by atoms with Gasteiger partial charge in [0.15, 0.2) is 0 Å². The molecule has 4 nitrogen and oxygen atoms in total. The predicted molar refractivity (Wildman–Crippen MR) is 101 cm³/mol. The van der Waals surface area contributed by atoms with Gasteiger partial charge in [-0.1, -0.05) is 30.3 Å². The minimum Gasteiger partial charge on any atom is -0.508 e. The van der Waals surface area contributed by atoms with Crippen LogP contribution < -0.4 is 0 Å². The van der Waals surface area contributed by atoms with Crippen molar-refractivity contribution in [3.63, 3.8) is 0 Å². The molecule has 2 aliphatic rings. The molecule has 0 bridgehead atoms. The lowest BCUT2D eigenvalue weighted by molar-refractivity contribution is 0.0321. The van der Waals surface area contributed by atoms with Crippen molar-refractivity contribution < 1.29 is 19.7 Å². The number of fused-ring (bicyclic) bond motifs is 1. The average Bonchev–Trinajstić information content (AvgIpc) is 3.11. The lowest BCUT2D eigenvalue weighted by Gasteiger charge is -2.27. The second kappa shape index (κ2) is 7.23. The zero-order valence-electron chi connectivity index (χ0n) is 15.3. The predicted octanol–water partition coefficient (Wildman–Crippen LogP) is 2.88. The van der Waals surface area contributed by atoms with Crippen LogP contribution in [-0.4, -0.2) is 45.5 Å². The monoisotopic (exact) mass is 371 g/mol. The molecule has 144 valence electrons. The Morgan fingerprint density at radius 1 is 1.04 bits per heavy atom. The Hall–Kier alpha value is -1.95. The van der Waals surface area contributed by atoms with Gasteiger partial charge in [-0.2, -0.15) is 0 Å². The number of rotatable bonds is 5. The van der Waals surface area contributed by atoms with Crippen molar-refractivity contribution in [1.29, 1.82) is 0 Å². The number of hydrogen-bond donors (Lipinski definition) is 3. The van der Waals surface area contributed by atoms with E-state index in [1.807, 2.05) is 6.07 Å². The van der Waals surface area contributed by atoms with Crippen LogP contribution in [0.5, 0.6) is 5.75 Å². The molecule has 2 aromatic rings. The summed E-state index contributed by atoms with van der Waals surface area (Å²) in [5.41, 5.74) is 0.541. The Bertz CT molecular complexity index is 780. The van der Waals surface area contributed by atoms with Gasteiger partial charge < -0.3 is 15.3 Å². The van der Waals surface area contributed by atoms with Gasteiger partial charge in [-0.05, 0) is 54.0 Å². The Balaban J connectivity index is 1.34. The van der Waals surface area contributed by atoms with Gasteiger partial charge in [0.1, 0.15) is 11.6 Å². The number of hydrogen-bond acceptors (Lipinski definition) is 4. The molecule has 1 aliphatic carbocycles. The van der Waals surface area contributed by atoms with Crippen LogP contribution in [0.25, 0.3) is 0 Å². The molecule has 27 heavy (non-hydrogen) atoms. The summed E-state index contributed by atoms with van der Waals surface area (Å²) in [4.78, 5) is 2.25. The van der Waals surface area contributed by atoms with Gasteiger partial charge in [0.2, 0.25) is 0 Å². The summed E-state index contributed by atoms with van der Waals surface area (Å²) >= 11 is 0. The van der Waals surface area contributed by atoms with Gasteiger partial charge in [-0.3, -0.25) is 4.90 Å². The SMILES string of the molecule is Oc1ccc(C(O)CN2CC3CC(O)(Cc4ccccc4F)C[C@@H]3C2)cc1. The zero-order chi connectivity index (χ0) is 19.0. The highest BCUT2D eigenvalue weighted by Gasteiger charge is 2.48. The first-order valence-electron chi connectivity index (χ1n) is 9.57. The summed E-state index contributed by atoms with van der Waals surface area (Å²) in [6, 6.07) is 13.3. The third-order valence-electron chi connectivity index (χ3n) is 6.12. The van der Waals surface area contributed by atoms with Crippen molar-refractivity contribution in [1.82, 2.24) is 4.90 Å². The number of nitrogens with zero attached hydrogens (tertiary/aromatic N) is 1. The first kappa shape index (κ1) is 18.4. The average molecular weight is 371 g/mol. The molecule has 1 heterocycles. The van der Waals surface area contributed by atoms with Gasteiger partial charge in [0, 0.05) is 26.1 Å². The van der Waals surface area contributed by atoms with E-state index in [1.54, 1.807) is 36.4 Å². The van der Waals surface area contributed by atoms with Crippen molar-refractivity contribution >= 4 is 0 Å². The van der Waals surface area contributed by atoms with E-state index in [1.165, 1.54) is 6.07 Å². The van der Waals surface area contributed by atoms with Crippen LogP contribution >= 0.6 is 0 Å². The Labute approximate surface area is 158 Å². The Morgan fingerprint density at radius 2 is 1.67 bits per heavy atom. The zero-order valence-corrected chi connectivity index (χ0v) is 15.3. The van der Waals surface area contributed by atoms with E-state index in [2.05, 4.69) is 4.90 Å². The maximum atomic E-state index is 13.9. The van der Waals surface area contributed by atoms with Gasteiger partial charge in [-0.15, -0.1) is 0 Å². The summed E-state index contributed by atoms with van der Waals surface area (Å²) in [6.45, 7) is 2.24. The molecule has 4 atom stereocenters. The molecule has 0 radical (unpaired) electrons. The maximum Gasteiger partial charge on any atom is 0.126 e. The highest BCUT2D eigenvalue weighted by atomic mass is 19.1. The highest BCUT2D eigenvalue weighted by Crippen LogP contribution is 2.45. The van der Waals surface area contributed by atoms with Crippen LogP contribution in [0, 0.1) is 17.7 Å². The van der Waals surface area contributed by atoms with E-state index < -0.39 is 11.7 Å². The first-order chi connectivity index (χ1) is 12.9. The minimum atomic E-state index is -0.834. The van der Waals surface area contributed by atoms with Gasteiger partial charge in [0.25, 0.3) is 0 Å². The molecule has 1 saturated carbocycles. The van der Waals surface area contributed by atoms with Crippen molar-refractivity contribution in [2.24, 2.45) is 11.8 Å². The fourth-order valence-electron chi connectivity index (χ4n) is 4.89. The van der Waals surface area contributed by atoms with Crippen molar-refractivity contribution in [3.05, 3.63) is 65.5 Å². The molecule has 2 fully saturated rings. The number of aromatic hydroxyl groups is 1. The molecular weight excluding hydrogens is 345 g/mol. The number of β-amino-alcohol motifs (C(OH)–C–C–N with tert-alkyl or cyclic N) is 1. The van der Waals surface area contributed by atoms with Crippen LogP contribution in [-0.2, 0) is 6.42 Å². The number of phenols is 1. The first-order valence-corrected chi connectivity index (χ1v) is 9.57. The molecule has 4 rings (SSSR count). The lowest BCUT2D eigenvalue weighted by Crippen LogP contribution is -2.33. The molecule has 0 spiro atoms. The number of likely N-dealkylation sites (tertiary alicyclic amines) is 1. The number of halogens is 1. The van der Waals surface area contributed by atoms with E-state index >= 15 is 0 Å². The van der Waals surface area contributed by atoms with E-state index in [0.29, 0.717) is 43.2 Å². The van der Waals surface area contributed by atoms with Gasteiger partial charge in [-0.25, -0.2) is 4.39 Å². The van der Waals surface area contributed by atoms with Crippen molar-refractivity contribution in [2.45, 2.75) is 31.0 Å². The molecule has 5 heteroatoms. The molecule has 0 amide bonds. The summed E-state index contributed by atoms with van der Waals surface area (Å²) < 4.78 is 13.9. The van der Waals surface area contributed by atoms with Gasteiger partial charge >= 0.3 is 0 Å². The molecule has 1 aliphatic heterocycles. The number of phenolic OH excluding ortho intramolecular Hbond substituents is 1. The van der Waals surface area contributed by atoms with Gasteiger partial charge in [0.05, 0.1) is 11.7 Å². The highest BCUT2D eigenvalue weighted by molar-refractivity contribution is 5.27. The quantitative estimate of drug-likeness (QED) is 0.756. The van der Waals surface area contributed by atoms with E-state index in [0.717, 1.165) is 18.7 Å². The molecule has 1 saturated heterocycles. The lowest BCUT2D eigenvalue weighted by atomic mass is 9.91. The van der Waals surface area contributed by atoms with E-state index in [4.69, 9.17) is 0 Å². The molecule has 2 aromatic carbocycles. The summed E-state index contributed by atoms with van der Waals surface area (Å²) in [5, 5.41) is 30.8. The third kappa shape index (κ3) is 4.00. The summed E-state index contributed by atoms with van der Waals surface area (Å²) in [7, 11) is 0. The van der Waals surface area contributed by atoms with Crippen LogP contribution in [0.4, 0.5) is 4.39 Å². The normalized spacial score (nSPS) is 29.0. The third-order valence-corrected chi connectivity index (χ3v) is 6.12. The number of benzene rings is 2. The van der Waals surface area contributed by atoms with Crippen LogP contribution in [0.3, 0.4) is 0 Å². The molecular formula is C22H26FNO3. The van der Waals surface area contributed by atoms with Crippen LogP contribution in [0.2, 0.25) is 0 Å². The second-order valence-corrected chi connectivity index (χ2v) is 8.25. The van der Waals surface area contributed by atoms with Crippen molar-refractivity contribution in [3.8, 4) is 5.75 Å². The summed E-state index contributed by atoms with van der Waals surface area (Å²) in [6.07, 6.45) is 1.13. The van der Waals surface area contributed by atoms with E-state index in [9.17, 15) is 19.7 Å². The summed E-state index contributed by atoms with van der Waals surface area (Å²) in [5.74, 6) is 0.708. The fourth-order valence-corrected chi connectivity index (χ4v) is 4.89. The van der Waals surface area contributed by atoms with E-state index in [-0.39, 0.29) is 11.6 Å². The standard InChI is InChI=1S/C22H26FNO3/c23-20-4-2-1-3-16(20)9-22(27)10-17-12-24(13-18(17)11-22)14-21(26)15-5-7-19(25)8-6-15/h1-8,17-18,21,25-27H,9-14H2/t17-,18?,21?,22?/m1/s1. The second-order valence-electron chi connectivity index (χ2n) is 8.25. The van der Waals surface area contributed by atoms with Crippen LogP contribution in [0.15, 0.2) is 48.5 Å². The Kier molecular flexibility index (Phi) is 4.93. The largest absolute Gasteiger partial charge is 0.508 e. The Morgan fingerprint density at radius 3 is 2.30 bits per heavy atom. The van der Waals surface area contributed by atoms with Crippen molar-refractivity contribution in [2.75, 3.05) is 19.6 Å². The molecule has 3 N–H and O–H groups in total. The maximum absolute atomic E-state index is 13.9. The molecule has 3 unspecified atom stereocenters. The minimum absolute atomic E-state index is 0.191.